The number of nitrogen functional groups attached to an aromatic ring is 1. The number of rotatable bonds is 10. The van der Waals surface area contributed by atoms with Gasteiger partial charge in [-0.1, -0.05) is 0 Å². The van der Waals surface area contributed by atoms with E-state index in [-0.39, 0.29) is 50.5 Å². The third kappa shape index (κ3) is 6.78. The van der Waals surface area contributed by atoms with Crippen LogP contribution in [-0.2, 0) is 27.3 Å². The van der Waals surface area contributed by atoms with Crippen LogP contribution in [0.4, 0.5) is 40.6 Å². The minimum Gasteiger partial charge on any atom is -0.382 e. The van der Waals surface area contributed by atoms with Gasteiger partial charge in [-0.15, -0.1) is 10.2 Å². The number of nitrogens with one attached hydrogen (secondary N) is 2. The highest BCUT2D eigenvalue weighted by Gasteiger charge is 2.20. The second-order valence-corrected chi connectivity index (χ2v) is 12.2. The van der Waals surface area contributed by atoms with Crippen molar-refractivity contribution < 1.29 is 30.7 Å². The lowest BCUT2D eigenvalue weighted by atomic mass is 10.3. The van der Waals surface area contributed by atoms with Gasteiger partial charge in [-0.2, -0.15) is 46.7 Å². The normalized spacial score (nSPS) is 12.0. The van der Waals surface area contributed by atoms with Gasteiger partial charge in [0.2, 0.25) is 11.9 Å². The number of hydrogen-bond donors (Lipinski definition) is 6. The van der Waals surface area contributed by atoms with Gasteiger partial charge < -0.3 is 22.1 Å². The van der Waals surface area contributed by atoms with Crippen molar-refractivity contribution in [2.45, 2.75) is 16.7 Å². The Morgan fingerprint density at radius 3 is 1.80 bits per heavy atom. The number of nitrogens with two attached hydrogens (primary N) is 2. The van der Waals surface area contributed by atoms with Crippen molar-refractivity contribution in [2.75, 3.05) is 16.4 Å². The molecule has 5 aromatic rings. The number of aromatic nitrogens is 7. The molecule has 0 radical (unpaired) electrons. The lowest BCUT2D eigenvalue weighted by molar-refractivity contribution is 0.100. The molecule has 0 aliphatic heterocycles. The van der Waals surface area contributed by atoms with E-state index in [0.29, 0.717) is 17.1 Å². The van der Waals surface area contributed by atoms with Crippen molar-refractivity contribution in [2.24, 2.45) is 23.0 Å². The molecule has 8 N–H and O–H groups in total. The number of benzene rings is 2. The van der Waals surface area contributed by atoms with Crippen LogP contribution in [0, 0.1) is 6.92 Å². The summed E-state index contributed by atoms with van der Waals surface area (Å²) in [4.78, 5) is 24.1. The zero-order valence-corrected chi connectivity index (χ0v) is 25.3. The summed E-state index contributed by atoms with van der Waals surface area (Å²) < 4.78 is 66.7. The Hall–Kier alpha value is -5.84. The van der Waals surface area contributed by atoms with Gasteiger partial charge in [0.05, 0.1) is 21.7 Å². The van der Waals surface area contributed by atoms with E-state index < -0.39 is 26.1 Å². The molecule has 0 saturated carbocycles. The fourth-order valence-corrected chi connectivity index (χ4v) is 4.84. The molecule has 0 spiro atoms. The number of hydrogen-bond acceptors (Lipinski definition) is 15. The first-order valence-corrected chi connectivity index (χ1v) is 15.5. The fraction of sp³-hybridized carbons (Fsp3) is 0.0833. The second-order valence-electron chi connectivity index (χ2n) is 9.33. The van der Waals surface area contributed by atoms with Crippen LogP contribution in [-0.4, -0.2) is 66.4 Å². The second kappa shape index (κ2) is 11.9. The van der Waals surface area contributed by atoms with Crippen LogP contribution >= 0.6 is 0 Å². The summed E-state index contributed by atoms with van der Waals surface area (Å²) in [6.07, 6.45) is 1.25. The van der Waals surface area contributed by atoms with Crippen LogP contribution in [0.2, 0.25) is 0 Å². The molecule has 5 rings (SSSR count). The van der Waals surface area contributed by atoms with E-state index in [2.05, 4.69) is 46.0 Å². The van der Waals surface area contributed by atoms with Gasteiger partial charge in [-0.3, -0.25) is 13.9 Å². The van der Waals surface area contributed by atoms with Crippen molar-refractivity contribution in [3.8, 4) is 5.95 Å². The molecule has 2 aromatic carbocycles. The van der Waals surface area contributed by atoms with Crippen LogP contribution in [0.3, 0.4) is 0 Å². The molecule has 0 unspecified atom stereocenters. The minimum atomic E-state index is -4.43. The highest BCUT2D eigenvalue weighted by Crippen LogP contribution is 2.31. The largest absolute Gasteiger partial charge is 0.382 e. The van der Waals surface area contributed by atoms with Crippen molar-refractivity contribution in [1.29, 1.82) is 0 Å². The van der Waals surface area contributed by atoms with Crippen LogP contribution < -0.4 is 22.1 Å². The summed E-state index contributed by atoms with van der Waals surface area (Å²) in [6.45, 7) is 1.59. The molecule has 0 bridgehead atoms. The number of primary amides is 1. The van der Waals surface area contributed by atoms with Gasteiger partial charge in [0.1, 0.15) is 5.56 Å². The van der Waals surface area contributed by atoms with Crippen molar-refractivity contribution >= 4 is 66.7 Å². The maximum Gasteiger partial charge on any atom is 0.294 e. The van der Waals surface area contributed by atoms with Gasteiger partial charge >= 0.3 is 0 Å². The summed E-state index contributed by atoms with van der Waals surface area (Å²) in [7, 11) is -7.31. The van der Waals surface area contributed by atoms with Gasteiger partial charge in [0.15, 0.2) is 17.3 Å². The number of aryl methyl sites for hydroxylation is 2. The third-order valence-corrected chi connectivity index (χ3v) is 7.85. The summed E-state index contributed by atoms with van der Waals surface area (Å²) in [5.41, 5.74) is 12.8. The molecule has 0 saturated heterocycles. The first kappa shape index (κ1) is 31.6. The molecule has 1 amide bonds. The lowest BCUT2D eigenvalue weighted by Gasteiger charge is -2.11. The molecule has 3 heterocycles. The zero-order valence-electron chi connectivity index (χ0n) is 23.6. The third-order valence-electron chi connectivity index (χ3n) is 6.11. The molecular weight excluding hydrogens is 646 g/mol. The highest BCUT2D eigenvalue weighted by atomic mass is 32.2. The number of anilines is 5. The quantitative estimate of drug-likeness (QED) is 0.0917. The van der Waals surface area contributed by atoms with E-state index in [4.69, 9.17) is 11.5 Å². The molecule has 0 fully saturated rings. The molecule has 3 aromatic heterocycles. The number of carbonyl (C=O) groups excluding carboxylic acids is 1. The van der Waals surface area contributed by atoms with Crippen LogP contribution in [0.1, 0.15) is 16.1 Å². The zero-order chi connectivity index (χ0) is 33.4. The first-order chi connectivity index (χ1) is 21.6. The maximum absolute atomic E-state index is 11.7. The maximum atomic E-state index is 11.7. The number of azo groups is 1. The average Bonchev–Trinajstić information content (AvgIpc) is 3.49. The molecule has 46 heavy (non-hydrogen) atoms. The molecule has 238 valence electrons. The van der Waals surface area contributed by atoms with E-state index in [9.17, 15) is 30.7 Å². The Morgan fingerprint density at radius 2 is 1.35 bits per heavy atom. The van der Waals surface area contributed by atoms with Gasteiger partial charge in [-0.05, 0) is 55.5 Å². The molecule has 0 atom stereocenters. The summed E-state index contributed by atoms with van der Waals surface area (Å²) in [5.74, 6) is -0.992. The van der Waals surface area contributed by atoms with E-state index in [1.165, 1.54) is 35.1 Å². The standard InChI is InChI=1S/C24H23N13O7S2/c1-12-18(33-34-21-17(20(26)38)11-27-36(21)2)19(25)37(35-12)24-31-22(28-13-3-7-15(8-4-13)45(39,40)41)30-23(32-24)29-14-5-9-16(10-6-14)46(42,43)44/h3-11H,25H2,1-2H3,(H2,26,38)(H,39,40,41)(H,42,43,44)(H2,28,29,30,31,32). The number of amides is 1. The van der Waals surface area contributed by atoms with Crippen molar-refractivity contribution in [3.05, 3.63) is 66.0 Å². The van der Waals surface area contributed by atoms with E-state index in [1.54, 1.807) is 14.0 Å². The van der Waals surface area contributed by atoms with Gasteiger partial charge in [0.25, 0.3) is 32.1 Å². The van der Waals surface area contributed by atoms with E-state index in [1.807, 2.05) is 0 Å². The Bertz CT molecular complexity index is 2120. The summed E-state index contributed by atoms with van der Waals surface area (Å²) >= 11 is 0. The minimum absolute atomic E-state index is 0.0352. The molecule has 0 aliphatic rings. The monoisotopic (exact) mass is 669 g/mol. The van der Waals surface area contributed by atoms with E-state index in [0.717, 1.165) is 28.9 Å². The van der Waals surface area contributed by atoms with Gasteiger partial charge in [0, 0.05) is 18.4 Å². The fourth-order valence-electron chi connectivity index (χ4n) is 3.88. The Kier molecular flexibility index (Phi) is 8.18. The molecule has 22 heteroatoms. The van der Waals surface area contributed by atoms with Crippen LogP contribution in [0.15, 0.2) is 74.7 Å². The molecular formula is C24H23N13O7S2. The van der Waals surface area contributed by atoms with Crippen LogP contribution in [0.25, 0.3) is 5.95 Å². The van der Waals surface area contributed by atoms with Crippen molar-refractivity contribution in [3.63, 3.8) is 0 Å². The predicted molar refractivity (Wildman–Crippen MR) is 161 cm³/mol. The first-order valence-electron chi connectivity index (χ1n) is 12.6. The van der Waals surface area contributed by atoms with Gasteiger partial charge in [-0.25, -0.2) is 4.68 Å². The van der Waals surface area contributed by atoms with Crippen molar-refractivity contribution in [1.82, 2.24) is 34.5 Å². The highest BCUT2D eigenvalue weighted by molar-refractivity contribution is 7.86. The summed E-state index contributed by atoms with van der Waals surface area (Å²) in [6, 6.07) is 10.1. The number of nitrogens with zero attached hydrogens (tertiary/aromatic N) is 9. The Morgan fingerprint density at radius 1 is 0.848 bits per heavy atom. The van der Waals surface area contributed by atoms with Crippen LogP contribution in [0.5, 0.6) is 0 Å². The molecule has 20 nitrogen and oxygen atoms in total. The van der Waals surface area contributed by atoms with E-state index >= 15 is 0 Å². The summed E-state index contributed by atoms with van der Waals surface area (Å²) in [5, 5.41) is 22.3. The number of carbonyl (C=O) groups is 1. The Labute approximate surface area is 259 Å². The predicted octanol–water partition coefficient (Wildman–Crippen LogP) is 2.18. The SMILES string of the molecule is Cc1nn(-c2nc(Nc3ccc(S(=O)(=O)O)cc3)nc(Nc3ccc(S(=O)(=O)O)cc3)n2)c(N)c1N=Nc1c(C(N)=O)cnn1C. The lowest BCUT2D eigenvalue weighted by Crippen LogP contribution is -2.12. The Balaban J connectivity index is 1.54. The smallest absolute Gasteiger partial charge is 0.294 e. The molecule has 0 aliphatic carbocycles. The topological polar surface area (TPSA) is 301 Å². The average molecular weight is 670 g/mol.